The first-order valence-corrected chi connectivity index (χ1v) is 7.46. The van der Waals surface area contributed by atoms with Gasteiger partial charge in [0, 0.05) is 11.6 Å². The van der Waals surface area contributed by atoms with Crippen molar-refractivity contribution in [3.05, 3.63) is 27.5 Å². The van der Waals surface area contributed by atoms with Crippen molar-refractivity contribution in [3.63, 3.8) is 0 Å². The maximum atomic E-state index is 11.7. The SMILES string of the molecule is CC(C)c1c(Cl)ncnc1Sc1n[nH]c(=O)n1C(C)C. The molecule has 2 aromatic rings. The van der Waals surface area contributed by atoms with Crippen LogP contribution in [0.15, 0.2) is 21.3 Å². The van der Waals surface area contributed by atoms with Gasteiger partial charge >= 0.3 is 5.69 Å². The molecule has 0 atom stereocenters. The van der Waals surface area contributed by atoms with Gasteiger partial charge in [0.2, 0.25) is 0 Å². The van der Waals surface area contributed by atoms with Crippen molar-refractivity contribution in [3.8, 4) is 0 Å². The normalized spacial score (nSPS) is 11.6. The van der Waals surface area contributed by atoms with Crippen LogP contribution in [0, 0.1) is 0 Å². The first-order valence-electron chi connectivity index (χ1n) is 6.27. The molecule has 2 heterocycles. The monoisotopic (exact) mass is 313 g/mol. The van der Waals surface area contributed by atoms with Crippen molar-refractivity contribution in [2.45, 2.75) is 49.8 Å². The summed E-state index contributed by atoms with van der Waals surface area (Å²) in [7, 11) is 0. The molecular formula is C12H16ClN5OS. The van der Waals surface area contributed by atoms with Gasteiger partial charge in [0.15, 0.2) is 5.16 Å². The van der Waals surface area contributed by atoms with E-state index in [1.54, 1.807) is 4.57 Å². The van der Waals surface area contributed by atoms with Gasteiger partial charge in [0.25, 0.3) is 0 Å². The van der Waals surface area contributed by atoms with Crippen molar-refractivity contribution in [2.75, 3.05) is 0 Å². The van der Waals surface area contributed by atoms with Crippen molar-refractivity contribution in [2.24, 2.45) is 0 Å². The molecule has 0 radical (unpaired) electrons. The zero-order chi connectivity index (χ0) is 14.9. The molecule has 0 saturated heterocycles. The van der Waals surface area contributed by atoms with Gasteiger partial charge in [-0.25, -0.2) is 19.9 Å². The molecule has 108 valence electrons. The Balaban J connectivity index is 2.46. The second kappa shape index (κ2) is 5.97. The Morgan fingerprint density at radius 3 is 2.60 bits per heavy atom. The summed E-state index contributed by atoms with van der Waals surface area (Å²) in [4.78, 5) is 20.0. The average molecular weight is 314 g/mol. The first kappa shape index (κ1) is 15.1. The van der Waals surface area contributed by atoms with Crippen LogP contribution in [0.5, 0.6) is 0 Å². The largest absolute Gasteiger partial charge is 0.344 e. The highest BCUT2D eigenvalue weighted by molar-refractivity contribution is 7.99. The Labute approximate surface area is 126 Å². The van der Waals surface area contributed by atoms with Gasteiger partial charge in [-0.1, -0.05) is 25.4 Å². The fourth-order valence-corrected chi connectivity index (χ4v) is 3.44. The van der Waals surface area contributed by atoms with Crippen LogP contribution in [-0.2, 0) is 0 Å². The van der Waals surface area contributed by atoms with Gasteiger partial charge in [-0.2, -0.15) is 0 Å². The predicted molar refractivity (Wildman–Crippen MR) is 78.5 cm³/mol. The van der Waals surface area contributed by atoms with Gasteiger partial charge in [-0.3, -0.25) is 4.57 Å². The van der Waals surface area contributed by atoms with E-state index in [2.05, 4.69) is 20.2 Å². The van der Waals surface area contributed by atoms with E-state index in [9.17, 15) is 4.79 Å². The van der Waals surface area contributed by atoms with Crippen LogP contribution in [0.3, 0.4) is 0 Å². The van der Waals surface area contributed by atoms with Gasteiger partial charge < -0.3 is 0 Å². The maximum absolute atomic E-state index is 11.7. The molecule has 0 aliphatic rings. The predicted octanol–water partition coefficient (Wildman–Crippen LogP) is 2.87. The average Bonchev–Trinajstić information content (AvgIpc) is 2.70. The summed E-state index contributed by atoms with van der Waals surface area (Å²) in [6, 6.07) is 0.0172. The van der Waals surface area contributed by atoms with E-state index < -0.39 is 0 Å². The standard InChI is InChI=1S/C12H16ClN5OS/c1-6(2)8-9(13)14-5-15-10(8)20-12-17-16-11(19)18(12)7(3)4/h5-7H,1-4H3,(H,16,19). The van der Waals surface area contributed by atoms with Crippen LogP contribution in [0.2, 0.25) is 5.15 Å². The molecule has 0 aliphatic carbocycles. The smallest absolute Gasteiger partial charge is 0.267 e. The third kappa shape index (κ3) is 2.88. The lowest BCUT2D eigenvalue weighted by Gasteiger charge is -2.13. The number of aromatic amines is 1. The summed E-state index contributed by atoms with van der Waals surface area (Å²) in [5.41, 5.74) is 0.638. The number of nitrogens with one attached hydrogen (secondary N) is 1. The van der Waals surface area contributed by atoms with Gasteiger partial charge in [0.1, 0.15) is 16.5 Å². The Bertz CT molecular complexity index is 664. The minimum absolute atomic E-state index is 0.0172. The Morgan fingerprint density at radius 2 is 2.00 bits per heavy atom. The Kier molecular flexibility index (Phi) is 4.49. The number of aromatic nitrogens is 5. The van der Waals surface area contributed by atoms with Gasteiger partial charge in [-0.15, -0.1) is 5.10 Å². The Morgan fingerprint density at radius 1 is 1.30 bits per heavy atom. The fraction of sp³-hybridized carbons (Fsp3) is 0.500. The lowest BCUT2D eigenvalue weighted by atomic mass is 10.1. The minimum Gasteiger partial charge on any atom is -0.267 e. The first-order chi connectivity index (χ1) is 9.41. The molecule has 0 aliphatic heterocycles. The topological polar surface area (TPSA) is 76.5 Å². The van der Waals surface area contributed by atoms with Gasteiger partial charge in [0.05, 0.1) is 0 Å². The molecule has 0 bridgehead atoms. The molecule has 0 saturated carbocycles. The van der Waals surface area contributed by atoms with Crippen molar-refractivity contribution in [1.82, 2.24) is 24.7 Å². The minimum atomic E-state index is -0.228. The molecule has 0 aromatic carbocycles. The van der Waals surface area contributed by atoms with Crippen molar-refractivity contribution in [1.29, 1.82) is 0 Å². The number of H-pyrrole nitrogens is 1. The van der Waals surface area contributed by atoms with E-state index in [1.165, 1.54) is 18.1 Å². The second-order valence-corrected chi connectivity index (χ2v) is 6.23. The van der Waals surface area contributed by atoms with E-state index in [4.69, 9.17) is 11.6 Å². The van der Waals surface area contributed by atoms with Crippen molar-refractivity contribution >= 4 is 23.4 Å². The van der Waals surface area contributed by atoms with Crippen LogP contribution >= 0.6 is 23.4 Å². The molecule has 0 unspecified atom stereocenters. The molecule has 8 heteroatoms. The highest BCUT2D eigenvalue weighted by Gasteiger charge is 2.19. The summed E-state index contributed by atoms with van der Waals surface area (Å²) in [5, 5.41) is 8.24. The molecule has 6 nitrogen and oxygen atoms in total. The van der Waals surface area contributed by atoms with Crippen LogP contribution in [0.25, 0.3) is 0 Å². The summed E-state index contributed by atoms with van der Waals surface area (Å²) >= 11 is 7.45. The highest BCUT2D eigenvalue weighted by atomic mass is 35.5. The molecule has 20 heavy (non-hydrogen) atoms. The van der Waals surface area contributed by atoms with Gasteiger partial charge in [-0.05, 0) is 31.5 Å². The van der Waals surface area contributed by atoms with Crippen LogP contribution in [-0.4, -0.2) is 24.7 Å². The maximum Gasteiger partial charge on any atom is 0.344 e. The molecule has 0 fully saturated rings. The summed E-state index contributed by atoms with van der Waals surface area (Å²) in [5.74, 6) is 0.185. The number of hydrogen-bond acceptors (Lipinski definition) is 5. The Hall–Kier alpha value is -1.34. The van der Waals surface area contributed by atoms with E-state index >= 15 is 0 Å². The number of hydrogen-bond donors (Lipinski definition) is 1. The zero-order valence-electron chi connectivity index (χ0n) is 11.7. The zero-order valence-corrected chi connectivity index (χ0v) is 13.3. The van der Waals surface area contributed by atoms with Crippen molar-refractivity contribution < 1.29 is 0 Å². The summed E-state index contributed by atoms with van der Waals surface area (Å²) in [6.45, 7) is 7.90. The third-order valence-electron chi connectivity index (χ3n) is 2.75. The third-order valence-corrected chi connectivity index (χ3v) is 4.04. The summed E-state index contributed by atoms with van der Waals surface area (Å²) in [6.07, 6.45) is 1.42. The molecule has 0 amide bonds. The van der Waals surface area contributed by atoms with E-state index in [1.807, 2.05) is 27.7 Å². The summed E-state index contributed by atoms with van der Waals surface area (Å²) < 4.78 is 1.59. The van der Waals surface area contributed by atoms with E-state index in [0.29, 0.717) is 10.3 Å². The van der Waals surface area contributed by atoms with Crippen LogP contribution in [0.4, 0.5) is 0 Å². The molecule has 1 N–H and O–H groups in total. The number of rotatable bonds is 4. The lowest BCUT2D eigenvalue weighted by Crippen LogP contribution is -2.19. The number of nitrogens with zero attached hydrogens (tertiary/aromatic N) is 4. The van der Waals surface area contributed by atoms with Crippen LogP contribution in [0.1, 0.15) is 45.2 Å². The van der Waals surface area contributed by atoms with E-state index in [0.717, 1.165) is 10.6 Å². The lowest BCUT2D eigenvalue weighted by molar-refractivity contribution is 0.533. The van der Waals surface area contributed by atoms with Crippen LogP contribution < -0.4 is 5.69 Å². The molecule has 2 aromatic heterocycles. The fourth-order valence-electron chi connectivity index (χ4n) is 1.83. The molecule has 0 spiro atoms. The number of halogens is 1. The quantitative estimate of drug-likeness (QED) is 0.878. The highest BCUT2D eigenvalue weighted by Crippen LogP contribution is 2.34. The second-order valence-electron chi connectivity index (χ2n) is 4.92. The molecule has 2 rings (SSSR count). The molecular weight excluding hydrogens is 298 g/mol. The van der Waals surface area contributed by atoms with E-state index in [-0.39, 0.29) is 17.6 Å².